The second kappa shape index (κ2) is 8.15. The zero-order chi connectivity index (χ0) is 16.9. The van der Waals surface area contributed by atoms with Gasteiger partial charge in [0.1, 0.15) is 5.69 Å². The molecular weight excluding hydrogens is 300 g/mol. The Morgan fingerprint density at radius 1 is 1.17 bits per heavy atom. The van der Waals surface area contributed by atoms with Gasteiger partial charge in [0, 0.05) is 31.9 Å². The predicted octanol–water partition coefficient (Wildman–Crippen LogP) is 3.02. The molecule has 3 rings (SSSR count). The lowest BCUT2D eigenvalue weighted by Gasteiger charge is -2.37. The van der Waals surface area contributed by atoms with Gasteiger partial charge in [-0.2, -0.15) is 5.10 Å². The van der Waals surface area contributed by atoms with Crippen molar-refractivity contribution in [2.45, 2.75) is 65.0 Å². The van der Waals surface area contributed by atoms with Gasteiger partial charge in [-0.25, -0.2) is 0 Å². The van der Waals surface area contributed by atoms with E-state index in [1.807, 2.05) is 17.7 Å². The number of aromatic nitrogens is 2. The third-order valence-electron chi connectivity index (χ3n) is 5.72. The Balaban J connectivity index is 1.71. The summed E-state index contributed by atoms with van der Waals surface area (Å²) in [5.41, 5.74) is 0.747. The second-order valence-electron chi connectivity index (χ2n) is 7.52. The Labute approximate surface area is 146 Å². The minimum absolute atomic E-state index is 0.173. The van der Waals surface area contributed by atoms with Crippen LogP contribution in [0.3, 0.4) is 0 Å². The van der Waals surface area contributed by atoms with Gasteiger partial charge in [0.15, 0.2) is 0 Å². The van der Waals surface area contributed by atoms with E-state index in [0.717, 1.165) is 44.1 Å². The second-order valence-corrected chi connectivity index (χ2v) is 7.52. The normalized spacial score (nSPS) is 24.1. The number of hydrogen-bond acceptors (Lipinski definition) is 3. The standard InChI is InChI=1S/C19H32N4O/c1-3-23-18(8-11-20-23)19(24)22-12-6-4-5-7-17(22)15-21-13-9-16(2)10-14-21/h8,11,16-17H,3-7,9-10,12-15H2,1-2H3. The molecule has 1 amide bonds. The molecule has 0 aromatic carbocycles. The van der Waals surface area contributed by atoms with Gasteiger partial charge in [-0.05, 0) is 57.7 Å². The lowest BCUT2D eigenvalue weighted by atomic mass is 9.98. The summed E-state index contributed by atoms with van der Waals surface area (Å²) in [5.74, 6) is 1.03. The molecule has 1 unspecified atom stereocenters. The maximum Gasteiger partial charge on any atom is 0.272 e. The molecule has 0 spiro atoms. The molecule has 2 fully saturated rings. The van der Waals surface area contributed by atoms with Gasteiger partial charge in [-0.15, -0.1) is 0 Å². The fourth-order valence-corrected chi connectivity index (χ4v) is 4.09. The van der Waals surface area contributed by atoms with Gasteiger partial charge in [-0.1, -0.05) is 19.8 Å². The molecule has 134 valence electrons. The van der Waals surface area contributed by atoms with Crippen molar-refractivity contribution in [3.05, 3.63) is 18.0 Å². The number of piperidine rings is 1. The first kappa shape index (κ1) is 17.5. The van der Waals surface area contributed by atoms with Gasteiger partial charge < -0.3 is 9.80 Å². The maximum absolute atomic E-state index is 13.1. The molecule has 0 bridgehead atoms. The largest absolute Gasteiger partial charge is 0.333 e. The lowest BCUT2D eigenvalue weighted by molar-refractivity contribution is 0.0594. The highest BCUT2D eigenvalue weighted by Gasteiger charge is 2.30. The minimum Gasteiger partial charge on any atom is -0.333 e. The van der Waals surface area contributed by atoms with Crippen molar-refractivity contribution in [2.24, 2.45) is 5.92 Å². The highest BCUT2D eigenvalue weighted by atomic mass is 16.2. The first-order valence-corrected chi connectivity index (χ1v) is 9.74. The van der Waals surface area contributed by atoms with Crippen LogP contribution in [0.1, 0.15) is 62.9 Å². The Morgan fingerprint density at radius 2 is 1.96 bits per heavy atom. The average molecular weight is 332 g/mol. The fraction of sp³-hybridized carbons (Fsp3) is 0.789. The number of carbonyl (C=O) groups is 1. The molecule has 5 nitrogen and oxygen atoms in total. The Morgan fingerprint density at radius 3 is 2.71 bits per heavy atom. The van der Waals surface area contributed by atoms with Crippen molar-refractivity contribution in [2.75, 3.05) is 26.2 Å². The highest BCUT2D eigenvalue weighted by Crippen LogP contribution is 2.23. The summed E-state index contributed by atoms with van der Waals surface area (Å²) < 4.78 is 1.83. The predicted molar refractivity (Wildman–Crippen MR) is 96.0 cm³/mol. The van der Waals surface area contributed by atoms with Crippen LogP contribution in [-0.4, -0.2) is 57.7 Å². The molecule has 1 atom stereocenters. The fourth-order valence-electron chi connectivity index (χ4n) is 4.09. The zero-order valence-electron chi connectivity index (χ0n) is 15.3. The summed E-state index contributed by atoms with van der Waals surface area (Å²) in [7, 11) is 0. The first-order chi connectivity index (χ1) is 11.7. The molecule has 3 heterocycles. The Hall–Kier alpha value is -1.36. The number of rotatable bonds is 4. The van der Waals surface area contributed by atoms with Crippen molar-refractivity contribution in [1.29, 1.82) is 0 Å². The van der Waals surface area contributed by atoms with Gasteiger partial charge in [-0.3, -0.25) is 9.48 Å². The van der Waals surface area contributed by atoms with E-state index in [9.17, 15) is 4.79 Å². The van der Waals surface area contributed by atoms with E-state index >= 15 is 0 Å². The summed E-state index contributed by atoms with van der Waals surface area (Å²) in [6.45, 7) is 9.44. The zero-order valence-corrected chi connectivity index (χ0v) is 15.3. The number of likely N-dealkylation sites (tertiary alicyclic amines) is 2. The van der Waals surface area contributed by atoms with Crippen molar-refractivity contribution in [1.82, 2.24) is 19.6 Å². The molecule has 2 aliphatic heterocycles. The number of hydrogen-bond donors (Lipinski definition) is 0. The number of carbonyl (C=O) groups excluding carboxylic acids is 1. The summed E-state index contributed by atoms with van der Waals surface area (Å²) in [6.07, 6.45) is 9.08. The molecule has 1 aromatic rings. The first-order valence-electron chi connectivity index (χ1n) is 9.74. The van der Waals surface area contributed by atoms with Crippen molar-refractivity contribution >= 4 is 5.91 Å². The van der Waals surface area contributed by atoms with E-state index in [0.29, 0.717) is 6.04 Å². The van der Waals surface area contributed by atoms with E-state index < -0.39 is 0 Å². The van der Waals surface area contributed by atoms with Crippen LogP contribution in [0, 0.1) is 5.92 Å². The van der Waals surface area contributed by atoms with Crippen molar-refractivity contribution < 1.29 is 4.79 Å². The Bertz CT molecular complexity index is 533. The molecule has 2 aliphatic rings. The van der Waals surface area contributed by atoms with Crippen LogP contribution in [0.15, 0.2) is 12.3 Å². The third-order valence-corrected chi connectivity index (χ3v) is 5.72. The van der Waals surface area contributed by atoms with Gasteiger partial charge >= 0.3 is 0 Å². The van der Waals surface area contributed by atoms with Gasteiger partial charge in [0.25, 0.3) is 5.91 Å². The SMILES string of the molecule is CCn1nccc1C(=O)N1CCCCCC1CN1CCC(C)CC1. The van der Waals surface area contributed by atoms with Gasteiger partial charge in [0.05, 0.1) is 0 Å². The molecule has 5 heteroatoms. The van der Waals surface area contributed by atoms with Gasteiger partial charge in [0.2, 0.25) is 0 Å². The molecule has 0 N–H and O–H groups in total. The van der Waals surface area contributed by atoms with Crippen LogP contribution in [0.5, 0.6) is 0 Å². The van der Waals surface area contributed by atoms with E-state index in [4.69, 9.17) is 0 Å². The summed E-state index contributed by atoms with van der Waals surface area (Å²) in [6, 6.07) is 2.23. The summed E-state index contributed by atoms with van der Waals surface area (Å²) in [5, 5.41) is 4.28. The van der Waals surface area contributed by atoms with Crippen molar-refractivity contribution in [3.8, 4) is 0 Å². The van der Waals surface area contributed by atoms with Crippen LogP contribution < -0.4 is 0 Å². The molecule has 1 aromatic heterocycles. The minimum atomic E-state index is 0.173. The highest BCUT2D eigenvalue weighted by molar-refractivity contribution is 5.92. The van der Waals surface area contributed by atoms with Crippen molar-refractivity contribution in [3.63, 3.8) is 0 Å². The summed E-state index contributed by atoms with van der Waals surface area (Å²) >= 11 is 0. The van der Waals surface area contributed by atoms with Crippen LogP contribution in [0.4, 0.5) is 0 Å². The summed E-state index contributed by atoms with van der Waals surface area (Å²) in [4.78, 5) is 17.9. The average Bonchev–Trinajstić information content (AvgIpc) is 2.96. The Kier molecular flexibility index (Phi) is 5.93. The monoisotopic (exact) mass is 332 g/mol. The molecule has 24 heavy (non-hydrogen) atoms. The van der Waals surface area contributed by atoms with Crippen LogP contribution >= 0.6 is 0 Å². The van der Waals surface area contributed by atoms with E-state index in [-0.39, 0.29) is 5.91 Å². The molecule has 0 saturated carbocycles. The van der Waals surface area contributed by atoms with Crippen LogP contribution in [0.2, 0.25) is 0 Å². The van der Waals surface area contributed by atoms with E-state index in [2.05, 4.69) is 21.8 Å². The number of amides is 1. The van der Waals surface area contributed by atoms with Crippen LogP contribution in [0.25, 0.3) is 0 Å². The third kappa shape index (κ3) is 4.00. The molecule has 0 aliphatic carbocycles. The number of aryl methyl sites for hydroxylation is 1. The molecular formula is C19H32N4O. The number of nitrogens with zero attached hydrogens (tertiary/aromatic N) is 4. The van der Waals surface area contributed by atoms with Crippen LogP contribution in [-0.2, 0) is 6.54 Å². The van der Waals surface area contributed by atoms with E-state index in [1.54, 1.807) is 6.20 Å². The molecule has 2 saturated heterocycles. The molecule has 0 radical (unpaired) electrons. The topological polar surface area (TPSA) is 41.4 Å². The van der Waals surface area contributed by atoms with E-state index in [1.165, 1.54) is 38.8 Å². The quantitative estimate of drug-likeness (QED) is 0.851. The lowest BCUT2D eigenvalue weighted by Crippen LogP contribution is -2.48. The smallest absolute Gasteiger partial charge is 0.272 e. The maximum atomic E-state index is 13.1.